The summed E-state index contributed by atoms with van der Waals surface area (Å²) in [6, 6.07) is -0.181. The monoisotopic (exact) mass is 535 g/mol. The number of Topliss-reactive ketones (excluding diaryl/α,β-unsaturated/α-hetero) is 1. The predicted octanol–water partition coefficient (Wildman–Crippen LogP) is 1.92. The van der Waals surface area contributed by atoms with Crippen LogP contribution in [0.25, 0.3) is 21.7 Å². The Morgan fingerprint density at radius 2 is 1.92 bits per heavy atom. The van der Waals surface area contributed by atoms with Crippen molar-refractivity contribution >= 4 is 40.1 Å². The Balaban J connectivity index is 1.16. The van der Waals surface area contributed by atoms with Crippen LogP contribution in [0.3, 0.4) is 0 Å². The molecule has 12 nitrogen and oxygen atoms in total. The Morgan fingerprint density at radius 3 is 2.63 bits per heavy atom. The topological polar surface area (TPSA) is 133 Å². The Kier molecular flexibility index (Phi) is 6.09. The van der Waals surface area contributed by atoms with E-state index in [1.165, 1.54) is 22.3 Å². The summed E-state index contributed by atoms with van der Waals surface area (Å²) in [6.07, 6.45) is 6.80. The van der Waals surface area contributed by atoms with Gasteiger partial charge in [0.1, 0.15) is 10.8 Å². The minimum atomic E-state index is -0.551. The zero-order valence-corrected chi connectivity index (χ0v) is 22.3. The van der Waals surface area contributed by atoms with Crippen LogP contribution in [0, 0.1) is 11.8 Å². The van der Waals surface area contributed by atoms with Crippen molar-refractivity contribution in [1.82, 2.24) is 33.6 Å². The zero-order valence-electron chi connectivity index (χ0n) is 21.5. The van der Waals surface area contributed by atoms with Crippen LogP contribution in [-0.2, 0) is 18.4 Å². The van der Waals surface area contributed by atoms with Gasteiger partial charge in [-0.3, -0.25) is 18.7 Å². The first-order valence-corrected chi connectivity index (χ1v) is 13.7. The van der Waals surface area contributed by atoms with E-state index in [1.807, 2.05) is 24.7 Å². The van der Waals surface area contributed by atoms with Crippen molar-refractivity contribution in [2.75, 3.05) is 29.9 Å². The molecule has 0 amide bonds. The van der Waals surface area contributed by atoms with Crippen LogP contribution < -0.4 is 21.5 Å². The molecule has 5 heterocycles. The fourth-order valence-corrected chi connectivity index (χ4v) is 5.80. The van der Waals surface area contributed by atoms with Gasteiger partial charge >= 0.3 is 5.69 Å². The molecule has 198 valence electrons. The highest BCUT2D eigenvalue weighted by molar-refractivity contribution is 7.13. The third-order valence-corrected chi connectivity index (χ3v) is 8.38. The molecule has 3 atom stereocenters. The second-order valence-electron chi connectivity index (χ2n) is 10.1. The van der Waals surface area contributed by atoms with Gasteiger partial charge in [-0.2, -0.15) is 0 Å². The summed E-state index contributed by atoms with van der Waals surface area (Å²) in [6.45, 7) is 5.99. The average Bonchev–Trinajstić information content (AvgIpc) is 3.33. The van der Waals surface area contributed by atoms with Gasteiger partial charge in [0.05, 0.1) is 12.9 Å². The molecule has 1 saturated carbocycles. The molecule has 0 spiro atoms. The fraction of sp³-hybridized carbons (Fsp3) is 0.480. The van der Waals surface area contributed by atoms with Crippen LogP contribution in [0.15, 0.2) is 33.7 Å². The molecular formula is C25H29N9O3S. The van der Waals surface area contributed by atoms with Crippen LogP contribution in [0.2, 0.25) is 0 Å². The standard InChI is InChI=1S/C25H29N9O3S/c1-4-18(35)11-33-23(36)20-21(31(3)25(33)37)29-13-34(20)14(2)6-26-19-12-38-22(30-19)17-7-27-24(28-8-17)32-9-15-5-16(15)10-32/h7-8,12-16,26H,4-6,9-11H2,1-3H3/t14-,15?,16?/m0/s1. The highest BCUT2D eigenvalue weighted by Crippen LogP contribution is 2.45. The van der Waals surface area contributed by atoms with Gasteiger partial charge in [-0.25, -0.2) is 24.7 Å². The lowest BCUT2D eigenvalue weighted by atomic mass is 10.3. The summed E-state index contributed by atoms with van der Waals surface area (Å²) in [4.78, 5) is 58.2. The molecule has 4 aromatic rings. The molecule has 0 radical (unpaired) electrons. The van der Waals surface area contributed by atoms with Gasteiger partial charge in [0.2, 0.25) is 5.95 Å². The van der Waals surface area contributed by atoms with Gasteiger partial charge in [0.15, 0.2) is 16.9 Å². The smallest absolute Gasteiger partial charge is 0.332 e. The first kappa shape index (κ1) is 24.5. The van der Waals surface area contributed by atoms with Gasteiger partial charge in [0.25, 0.3) is 5.56 Å². The summed E-state index contributed by atoms with van der Waals surface area (Å²) < 4.78 is 4.03. The SMILES string of the molecule is CCC(=O)Cn1c(=O)c2c(ncn2[C@@H](C)CNc2csc(-c3cnc(N4CC5CC5C4)nc3)n2)n(C)c1=O. The van der Waals surface area contributed by atoms with Gasteiger partial charge in [-0.1, -0.05) is 6.92 Å². The Morgan fingerprint density at radius 1 is 1.18 bits per heavy atom. The molecule has 13 heteroatoms. The van der Waals surface area contributed by atoms with E-state index in [4.69, 9.17) is 0 Å². The summed E-state index contributed by atoms with van der Waals surface area (Å²) in [5.74, 6) is 2.96. The third kappa shape index (κ3) is 4.30. The van der Waals surface area contributed by atoms with Crippen LogP contribution in [0.1, 0.15) is 32.7 Å². The molecule has 2 fully saturated rings. The van der Waals surface area contributed by atoms with Crippen molar-refractivity contribution in [2.45, 2.75) is 39.3 Å². The second kappa shape index (κ2) is 9.46. The number of fused-ring (bicyclic) bond motifs is 2. The summed E-state index contributed by atoms with van der Waals surface area (Å²) in [7, 11) is 1.55. The average molecular weight is 536 g/mol. The number of rotatable bonds is 9. The van der Waals surface area contributed by atoms with E-state index in [1.54, 1.807) is 24.9 Å². The van der Waals surface area contributed by atoms with Crippen molar-refractivity contribution in [2.24, 2.45) is 18.9 Å². The van der Waals surface area contributed by atoms with Gasteiger partial charge in [0, 0.05) is 62.5 Å². The molecule has 6 rings (SSSR count). The molecule has 1 saturated heterocycles. The van der Waals surface area contributed by atoms with Crippen molar-refractivity contribution in [3.05, 3.63) is 44.9 Å². The van der Waals surface area contributed by atoms with E-state index in [2.05, 4.69) is 30.2 Å². The summed E-state index contributed by atoms with van der Waals surface area (Å²) >= 11 is 1.51. The maximum Gasteiger partial charge on any atom is 0.332 e. The lowest BCUT2D eigenvalue weighted by molar-refractivity contribution is -0.119. The molecule has 38 heavy (non-hydrogen) atoms. The zero-order chi connectivity index (χ0) is 26.6. The summed E-state index contributed by atoms with van der Waals surface area (Å²) in [5, 5.41) is 6.08. The van der Waals surface area contributed by atoms with Crippen molar-refractivity contribution < 1.29 is 4.79 Å². The molecule has 4 aromatic heterocycles. The molecule has 1 aliphatic carbocycles. The molecule has 1 aliphatic heterocycles. The predicted molar refractivity (Wildman–Crippen MR) is 145 cm³/mol. The third-order valence-electron chi connectivity index (χ3n) is 7.49. The minimum absolute atomic E-state index is 0.181. The number of hydrogen-bond donors (Lipinski definition) is 1. The number of anilines is 2. The quantitative estimate of drug-likeness (QED) is 0.341. The van der Waals surface area contributed by atoms with Gasteiger partial charge in [-0.15, -0.1) is 11.3 Å². The Hall–Kier alpha value is -3.87. The van der Waals surface area contributed by atoms with Gasteiger partial charge < -0.3 is 14.8 Å². The first-order chi connectivity index (χ1) is 18.3. The maximum absolute atomic E-state index is 13.2. The van der Waals surface area contributed by atoms with E-state index < -0.39 is 11.2 Å². The van der Waals surface area contributed by atoms with E-state index >= 15 is 0 Å². The number of hydrogen-bond acceptors (Lipinski definition) is 10. The molecule has 0 bridgehead atoms. The lowest BCUT2D eigenvalue weighted by Crippen LogP contribution is -2.41. The normalized spacial score (nSPS) is 19.1. The number of carbonyl (C=O) groups is 1. The van der Waals surface area contributed by atoms with Crippen molar-refractivity contribution in [3.8, 4) is 10.6 Å². The second-order valence-corrected chi connectivity index (χ2v) is 11.0. The minimum Gasteiger partial charge on any atom is -0.367 e. The number of nitrogens with zero attached hydrogens (tertiary/aromatic N) is 8. The Labute approximate surface area is 222 Å². The highest BCUT2D eigenvalue weighted by atomic mass is 32.1. The molecule has 2 aliphatic rings. The molecule has 2 unspecified atom stereocenters. The summed E-state index contributed by atoms with van der Waals surface area (Å²) in [5.41, 5.74) is 0.381. The molecule has 1 N–H and O–H groups in total. The fourth-order valence-electron chi connectivity index (χ4n) is 5.05. The first-order valence-electron chi connectivity index (χ1n) is 12.8. The maximum atomic E-state index is 13.2. The molecular weight excluding hydrogens is 506 g/mol. The van der Waals surface area contributed by atoms with E-state index in [0.717, 1.165) is 46.0 Å². The van der Waals surface area contributed by atoms with Crippen molar-refractivity contribution in [1.29, 1.82) is 0 Å². The highest BCUT2D eigenvalue weighted by Gasteiger charge is 2.45. The number of imidazole rings is 1. The molecule has 0 aromatic carbocycles. The Bertz CT molecular complexity index is 1620. The van der Waals surface area contributed by atoms with Crippen LogP contribution in [0.4, 0.5) is 11.8 Å². The van der Waals surface area contributed by atoms with Crippen LogP contribution in [-0.4, -0.2) is 59.1 Å². The van der Waals surface area contributed by atoms with E-state index in [9.17, 15) is 14.4 Å². The number of carbonyl (C=O) groups excluding carboxylic acids is 1. The number of aryl methyl sites for hydroxylation is 1. The number of nitrogens with one attached hydrogen (secondary N) is 1. The van der Waals surface area contributed by atoms with Crippen LogP contribution >= 0.6 is 11.3 Å². The van der Waals surface area contributed by atoms with Crippen molar-refractivity contribution in [3.63, 3.8) is 0 Å². The number of piperidine rings is 1. The lowest BCUT2D eigenvalue weighted by Gasteiger charge is -2.17. The largest absolute Gasteiger partial charge is 0.367 e. The number of aromatic nitrogens is 7. The van der Waals surface area contributed by atoms with Gasteiger partial charge in [-0.05, 0) is 25.2 Å². The number of ketones is 1. The van der Waals surface area contributed by atoms with E-state index in [0.29, 0.717) is 12.4 Å². The van der Waals surface area contributed by atoms with E-state index in [-0.39, 0.29) is 36.0 Å². The van der Waals surface area contributed by atoms with Crippen LogP contribution in [0.5, 0.6) is 0 Å². The number of thiazole rings is 1.